The van der Waals surface area contributed by atoms with Gasteiger partial charge in [-0.2, -0.15) is 8.78 Å². The smallest absolute Gasteiger partial charge is 0.330 e. The third kappa shape index (κ3) is 5.19. The Morgan fingerprint density at radius 1 is 1.21 bits per heavy atom. The Bertz CT molecular complexity index is 525. The molecule has 1 amide bonds. The lowest BCUT2D eigenvalue weighted by molar-refractivity contribution is -0.168. The molecular weight excluding hydrogens is 326 g/mol. The highest BCUT2D eigenvalue weighted by Gasteiger charge is 2.41. The molecule has 134 valence electrons. The highest BCUT2D eigenvalue weighted by atomic mass is 19.3. The summed E-state index contributed by atoms with van der Waals surface area (Å²) in [6.45, 7) is -2.12. The average Bonchev–Trinajstić information content (AvgIpc) is 2.56. The fourth-order valence-corrected chi connectivity index (χ4v) is 2.99. The number of carbonyl (C=O) groups is 1. The van der Waals surface area contributed by atoms with Gasteiger partial charge in [-0.1, -0.05) is 43.2 Å². The zero-order valence-electron chi connectivity index (χ0n) is 13.2. The van der Waals surface area contributed by atoms with Crippen molar-refractivity contribution < 1.29 is 27.1 Å². The van der Waals surface area contributed by atoms with Crippen molar-refractivity contribution in [3.8, 4) is 0 Å². The predicted octanol–water partition coefficient (Wildman–Crippen LogP) is 3.75. The summed E-state index contributed by atoms with van der Waals surface area (Å²) in [5, 5.41) is 2.79. The summed E-state index contributed by atoms with van der Waals surface area (Å²) in [6, 6.07) is 9.66. The number of ether oxygens (including phenoxy) is 1. The van der Waals surface area contributed by atoms with Crippen LogP contribution in [0.3, 0.4) is 0 Å². The second kappa shape index (κ2) is 8.46. The van der Waals surface area contributed by atoms with Crippen LogP contribution in [0.1, 0.15) is 37.2 Å². The maximum Gasteiger partial charge on any atom is 0.330 e. The SMILES string of the molecule is O=C(COCC(F)(F)C(F)F)N[C@@H]1CCCC[C@H]1c1ccccc1. The molecule has 0 heterocycles. The monoisotopic (exact) mass is 347 g/mol. The van der Waals surface area contributed by atoms with Crippen LogP contribution in [0.25, 0.3) is 0 Å². The van der Waals surface area contributed by atoms with Crippen molar-refractivity contribution >= 4 is 5.91 Å². The van der Waals surface area contributed by atoms with Gasteiger partial charge >= 0.3 is 12.3 Å². The lowest BCUT2D eigenvalue weighted by Gasteiger charge is -2.32. The summed E-state index contributed by atoms with van der Waals surface area (Å²) in [4.78, 5) is 11.9. The number of halogens is 4. The summed E-state index contributed by atoms with van der Waals surface area (Å²) in [6.07, 6.45) is -0.0549. The largest absolute Gasteiger partial charge is 0.365 e. The molecular formula is C17H21F4NO2. The van der Waals surface area contributed by atoms with Gasteiger partial charge in [0.25, 0.3) is 0 Å². The van der Waals surface area contributed by atoms with Crippen LogP contribution in [0.15, 0.2) is 30.3 Å². The van der Waals surface area contributed by atoms with E-state index in [-0.39, 0.29) is 12.0 Å². The van der Waals surface area contributed by atoms with Crippen LogP contribution in [0, 0.1) is 0 Å². The van der Waals surface area contributed by atoms with Gasteiger partial charge in [0.05, 0.1) is 0 Å². The lowest BCUT2D eigenvalue weighted by atomic mass is 9.80. The number of benzene rings is 1. The van der Waals surface area contributed by atoms with E-state index in [0.717, 1.165) is 31.2 Å². The average molecular weight is 347 g/mol. The van der Waals surface area contributed by atoms with E-state index in [9.17, 15) is 22.4 Å². The van der Waals surface area contributed by atoms with Crippen molar-refractivity contribution in [2.24, 2.45) is 0 Å². The number of amides is 1. The molecule has 2 rings (SSSR count). The molecule has 0 radical (unpaired) electrons. The number of nitrogens with one attached hydrogen (secondary N) is 1. The minimum atomic E-state index is -4.24. The maximum atomic E-state index is 12.7. The summed E-state index contributed by atoms with van der Waals surface area (Å²) >= 11 is 0. The van der Waals surface area contributed by atoms with Gasteiger partial charge in [0, 0.05) is 12.0 Å². The quantitative estimate of drug-likeness (QED) is 0.763. The molecule has 1 saturated carbocycles. The number of carbonyl (C=O) groups excluding carboxylic acids is 1. The van der Waals surface area contributed by atoms with Gasteiger partial charge in [0.15, 0.2) is 0 Å². The Kier molecular flexibility index (Phi) is 6.60. The Labute approximate surface area is 138 Å². The topological polar surface area (TPSA) is 38.3 Å². The van der Waals surface area contributed by atoms with Crippen molar-refractivity contribution in [3.63, 3.8) is 0 Å². The minimum absolute atomic E-state index is 0.104. The third-order valence-electron chi connectivity index (χ3n) is 4.19. The molecule has 0 aromatic heterocycles. The highest BCUT2D eigenvalue weighted by Crippen LogP contribution is 2.33. The van der Waals surface area contributed by atoms with Crippen LogP contribution in [0.2, 0.25) is 0 Å². The number of rotatable bonds is 7. The number of hydrogen-bond donors (Lipinski definition) is 1. The van der Waals surface area contributed by atoms with E-state index >= 15 is 0 Å². The fraction of sp³-hybridized carbons (Fsp3) is 0.588. The van der Waals surface area contributed by atoms with Crippen molar-refractivity contribution in [1.82, 2.24) is 5.32 Å². The first-order chi connectivity index (χ1) is 11.4. The van der Waals surface area contributed by atoms with E-state index in [1.54, 1.807) is 0 Å². The minimum Gasteiger partial charge on any atom is -0.365 e. The maximum absolute atomic E-state index is 12.7. The summed E-state index contributed by atoms with van der Waals surface area (Å²) in [5.74, 6) is -4.64. The van der Waals surface area contributed by atoms with Gasteiger partial charge in [0.1, 0.15) is 13.2 Å². The van der Waals surface area contributed by atoms with E-state index in [2.05, 4.69) is 10.1 Å². The highest BCUT2D eigenvalue weighted by molar-refractivity contribution is 5.77. The molecule has 0 saturated heterocycles. The Morgan fingerprint density at radius 3 is 2.54 bits per heavy atom. The van der Waals surface area contributed by atoms with Crippen LogP contribution >= 0.6 is 0 Å². The van der Waals surface area contributed by atoms with Gasteiger partial charge in [-0.3, -0.25) is 4.79 Å². The molecule has 7 heteroatoms. The second-order valence-electron chi connectivity index (χ2n) is 6.03. The Balaban J connectivity index is 1.85. The zero-order valence-corrected chi connectivity index (χ0v) is 13.2. The molecule has 1 aromatic rings. The van der Waals surface area contributed by atoms with Crippen LogP contribution in [0.5, 0.6) is 0 Å². The molecule has 1 aliphatic rings. The normalized spacial score (nSPS) is 21.7. The van der Waals surface area contributed by atoms with Gasteiger partial charge in [-0.05, 0) is 18.4 Å². The van der Waals surface area contributed by atoms with Crippen LogP contribution < -0.4 is 5.32 Å². The van der Waals surface area contributed by atoms with Crippen LogP contribution in [-0.2, 0) is 9.53 Å². The first-order valence-corrected chi connectivity index (χ1v) is 7.98. The van der Waals surface area contributed by atoms with Gasteiger partial charge < -0.3 is 10.1 Å². The molecule has 0 spiro atoms. The third-order valence-corrected chi connectivity index (χ3v) is 4.19. The van der Waals surface area contributed by atoms with Crippen LogP contribution in [-0.4, -0.2) is 37.5 Å². The first-order valence-electron chi connectivity index (χ1n) is 7.98. The van der Waals surface area contributed by atoms with E-state index < -0.39 is 31.5 Å². The van der Waals surface area contributed by atoms with E-state index in [1.807, 2.05) is 30.3 Å². The second-order valence-corrected chi connectivity index (χ2v) is 6.03. The van der Waals surface area contributed by atoms with Gasteiger partial charge in [-0.15, -0.1) is 0 Å². The molecule has 0 bridgehead atoms. The molecule has 0 aliphatic heterocycles. The zero-order chi connectivity index (χ0) is 17.6. The molecule has 1 aliphatic carbocycles. The molecule has 24 heavy (non-hydrogen) atoms. The fourth-order valence-electron chi connectivity index (χ4n) is 2.99. The summed E-state index contributed by atoms with van der Waals surface area (Å²) in [7, 11) is 0. The molecule has 2 atom stereocenters. The summed E-state index contributed by atoms with van der Waals surface area (Å²) < 4.78 is 54.0. The van der Waals surface area contributed by atoms with E-state index in [0.29, 0.717) is 0 Å². The Morgan fingerprint density at radius 2 is 1.88 bits per heavy atom. The first kappa shape index (κ1) is 18.7. The van der Waals surface area contributed by atoms with E-state index in [4.69, 9.17) is 0 Å². The van der Waals surface area contributed by atoms with Crippen LogP contribution in [0.4, 0.5) is 17.6 Å². The predicted molar refractivity (Wildman–Crippen MR) is 81.4 cm³/mol. The van der Waals surface area contributed by atoms with E-state index in [1.165, 1.54) is 0 Å². The molecule has 1 fully saturated rings. The van der Waals surface area contributed by atoms with Crippen molar-refractivity contribution in [1.29, 1.82) is 0 Å². The molecule has 3 nitrogen and oxygen atoms in total. The van der Waals surface area contributed by atoms with Gasteiger partial charge in [-0.25, -0.2) is 8.78 Å². The molecule has 0 unspecified atom stereocenters. The number of hydrogen-bond acceptors (Lipinski definition) is 2. The van der Waals surface area contributed by atoms with Crippen molar-refractivity contribution in [2.75, 3.05) is 13.2 Å². The van der Waals surface area contributed by atoms with Crippen molar-refractivity contribution in [3.05, 3.63) is 35.9 Å². The number of alkyl halides is 4. The molecule has 1 N–H and O–H groups in total. The van der Waals surface area contributed by atoms with Gasteiger partial charge in [0.2, 0.25) is 5.91 Å². The molecule has 1 aromatic carbocycles. The lowest BCUT2D eigenvalue weighted by Crippen LogP contribution is -2.43. The summed E-state index contributed by atoms with van der Waals surface area (Å²) in [5.41, 5.74) is 1.12. The van der Waals surface area contributed by atoms with Crippen molar-refractivity contribution in [2.45, 2.75) is 50.0 Å². The Hall–Kier alpha value is -1.63. The standard InChI is InChI=1S/C17H21F4NO2/c18-16(19)17(20,21)11-24-10-15(23)22-14-9-5-4-8-13(14)12-6-2-1-3-7-12/h1-3,6-7,13-14,16H,4-5,8-11H2,(H,22,23)/t13-,14+/m0/s1.